The van der Waals surface area contributed by atoms with Crippen LogP contribution in [0.1, 0.15) is 24.0 Å². The zero-order valence-electron chi connectivity index (χ0n) is 14.2. The van der Waals surface area contributed by atoms with Crippen LogP contribution in [0, 0.1) is 0 Å². The van der Waals surface area contributed by atoms with E-state index < -0.39 is 0 Å². The lowest BCUT2D eigenvalue weighted by Gasteiger charge is -2.19. The fourth-order valence-corrected chi connectivity index (χ4v) is 3.33. The maximum absolute atomic E-state index is 6.17. The minimum Gasteiger partial charge on any atom is -0.489 e. The second kappa shape index (κ2) is 8.52. The van der Waals surface area contributed by atoms with Gasteiger partial charge in [-0.3, -0.25) is 0 Å². The number of hydrogen-bond donors (Lipinski definition) is 1. The maximum atomic E-state index is 6.17. The van der Waals surface area contributed by atoms with Crippen LogP contribution in [0.4, 0.5) is 0 Å². The van der Waals surface area contributed by atoms with Crippen LogP contribution in [0.5, 0.6) is 5.75 Å². The number of benzene rings is 2. The maximum Gasteiger partial charge on any atom is 0.120 e. The van der Waals surface area contributed by atoms with Gasteiger partial charge in [0.25, 0.3) is 0 Å². The lowest BCUT2D eigenvalue weighted by Crippen LogP contribution is -2.35. The normalized spacial score (nSPS) is 18.0. The summed E-state index contributed by atoms with van der Waals surface area (Å²) in [6.45, 7) is 3.62. The highest BCUT2D eigenvalue weighted by atomic mass is 35.5. The lowest BCUT2D eigenvalue weighted by molar-refractivity contribution is 0.299. The zero-order chi connectivity index (χ0) is 16.8. The Hall–Kier alpha value is -1.55. The van der Waals surface area contributed by atoms with Gasteiger partial charge in [0.1, 0.15) is 12.4 Å². The second-order valence-electron chi connectivity index (χ2n) is 6.44. The van der Waals surface area contributed by atoms with E-state index in [1.54, 1.807) is 0 Å². The summed E-state index contributed by atoms with van der Waals surface area (Å²) in [6.07, 6.45) is 2.61. The smallest absolute Gasteiger partial charge is 0.120 e. The van der Waals surface area contributed by atoms with Crippen molar-refractivity contribution in [3.05, 3.63) is 64.7 Å². The van der Waals surface area contributed by atoms with Gasteiger partial charge in [0.2, 0.25) is 0 Å². The lowest BCUT2D eigenvalue weighted by atomic mass is 10.2. The predicted molar refractivity (Wildman–Crippen MR) is 99.6 cm³/mol. The van der Waals surface area contributed by atoms with Gasteiger partial charge in [-0.2, -0.15) is 0 Å². The molecule has 1 fully saturated rings. The van der Waals surface area contributed by atoms with Crippen molar-refractivity contribution in [1.82, 2.24) is 10.2 Å². The average Bonchev–Trinajstić information content (AvgIpc) is 3.00. The molecule has 1 saturated heterocycles. The Morgan fingerprint density at radius 3 is 2.88 bits per heavy atom. The molecule has 1 N–H and O–H groups in total. The third kappa shape index (κ3) is 4.73. The van der Waals surface area contributed by atoms with Gasteiger partial charge in [-0.1, -0.05) is 41.9 Å². The van der Waals surface area contributed by atoms with Crippen molar-refractivity contribution in [3.63, 3.8) is 0 Å². The van der Waals surface area contributed by atoms with Gasteiger partial charge in [0, 0.05) is 29.7 Å². The standard InChI is InChI=1S/C20H25ClN2O/c1-23-11-5-8-18(23)14-22-13-16-6-4-9-19(12-16)24-15-17-7-2-3-10-20(17)21/h2-4,6-7,9-10,12,18,22H,5,8,11,13-15H2,1H3. The molecule has 0 saturated carbocycles. The van der Waals surface area contributed by atoms with E-state index in [1.807, 2.05) is 36.4 Å². The molecule has 3 rings (SSSR count). The van der Waals surface area contributed by atoms with Crippen LogP contribution >= 0.6 is 11.6 Å². The van der Waals surface area contributed by atoms with Crippen LogP contribution in [-0.2, 0) is 13.2 Å². The zero-order valence-corrected chi connectivity index (χ0v) is 14.9. The molecular weight excluding hydrogens is 320 g/mol. The van der Waals surface area contributed by atoms with Crippen molar-refractivity contribution in [2.45, 2.75) is 32.0 Å². The molecule has 4 heteroatoms. The van der Waals surface area contributed by atoms with Gasteiger partial charge in [0.05, 0.1) is 0 Å². The third-order valence-corrected chi connectivity index (χ3v) is 5.00. The van der Waals surface area contributed by atoms with Gasteiger partial charge in [0.15, 0.2) is 0 Å². The Kier molecular flexibility index (Phi) is 6.13. The number of rotatable bonds is 7. The van der Waals surface area contributed by atoms with Gasteiger partial charge in [-0.05, 0) is 50.2 Å². The van der Waals surface area contributed by atoms with Crippen LogP contribution < -0.4 is 10.1 Å². The Bertz CT molecular complexity index is 662. The highest BCUT2D eigenvalue weighted by molar-refractivity contribution is 6.31. The molecule has 0 aromatic heterocycles. The molecule has 1 aliphatic rings. The Morgan fingerprint density at radius 2 is 2.08 bits per heavy atom. The predicted octanol–water partition coefficient (Wildman–Crippen LogP) is 4.10. The van der Waals surface area contributed by atoms with Crippen LogP contribution in [-0.4, -0.2) is 31.1 Å². The van der Waals surface area contributed by atoms with Gasteiger partial charge >= 0.3 is 0 Å². The van der Waals surface area contributed by atoms with E-state index in [1.165, 1.54) is 24.9 Å². The van der Waals surface area contributed by atoms with Gasteiger partial charge < -0.3 is 15.0 Å². The van der Waals surface area contributed by atoms with Crippen molar-refractivity contribution < 1.29 is 4.74 Å². The summed E-state index contributed by atoms with van der Waals surface area (Å²) in [5.74, 6) is 0.882. The van der Waals surface area contributed by atoms with E-state index in [2.05, 4.69) is 29.4 Å². The number of ether oxygens (including phenoxy) is 1. The van der Waals surface area contributed by atoms with Crippen molar-refractivity contribution in [2.75, 3.05) is 20.1 Å². The average molecular weight is 345 g/mol. The van der Waals surface area contributed by atoms with E-state index >= 15 is 0 Å². The molecule has 1 aliphatic heterocycles. The molecule has 2 aromatic carbocycles. The van der Waals surface area contributed by atoms with Gasteiger partial charge in [-0.25, -0.2) is 0 Å². The number of nitrogens with one attached hydrogen (secondary N) is 1. The Labute approximate surface area is 149 Å². The van der Waals surface area contributed by atoms with Crippen LogP contribution in [0.3, 0.4) is 0 Å². The summed E-state index contributed by atoms with van der Waals surface area (Å²) in [5.41, 5.74) is 2.25. The fraction of sp³-hybridized carbons (Fsp3) is 0.400. The molecule has 128 valence electrons. The molecule has 0 spiro atoms. The van der Waals surface area contributed by atoms with Crippen LogP contribution in [0.25, 0.3) is 0 Å². The topological polar surface area (TPSA) is 24.5 Å². The van der Waals surface area contributed by atoms with E-state index in [0.717, 1.165) is 29.4 Å². The first kappa shape index (κ1) is 17.3. The largest absolute Gasteiger partial charge is 0.489 e. The number of likely N-dealkylation sites (N-methyl/N-ethyl adjacent to an activating group) is 1. The number of nitrogens with zero attached hydrogens (tertiary/aromatic N) is 1. The first-order chi connectivity index (χ1) is 11.7. The molecule has 24 heavy (non-hydrogen) atoms. The molecule has 0 aliphatic carbocycles. The molecule has 1 unspecified atom stereocenters. The van der Waals surface area contributed by atoms with Crippen molar-refractivity contribution >= 4 is 11.6 Å². The molecule has 1 heterocycles. The second-order valence-corrected chi connectivity index (χ2v) is 6.84. The number of halogens is 1. The van der Waals surface area contributed by atoms with E-state index in [0.29, 0.717) is 12.6 Å². The minimum absolute atomic E-state index is 0.490. The Balaban J connectivity index is 1.49. The summed E-state index contributed by atoms with van der Waals surface area (Å²) in [7, 11) is 2.21. The molecule has 2 aromatic rings. The molecule has 1 atom stereocenters. The number of hydrogen-bond acceptors (Lipinski definition) is 3. The van der Waals surface area contributed by atoms with E-state index in [-0.39, 0.29) is 0 Å². The minimum atomic E-state index is 0.490. The summed E-state index contributed by atoms with van der Waals surface area (Å²) in [6, 6.07) is 16.7. The Morgan fingerprint density at radius 1 is 1.21 bits per heavy atom. The molecule has 0 bridgehead atoms. The first-order valence-corrected chi connectivity index (χ1v) is 8.96. The molecule has 0 radical (unpaired) electrons. The molecular formula is C20H25ClN2O. The van der Waals surface area contributed by atoms with E-state index in [4.69, 9.17) is 16.3 Å². The van der Waals surface area contributed by atoms with Crippen LogP contribution in [0.2, 0.25) is 5.02 Å². The quantitative estimate of drug-likeness (QED) is 0.818. The molecule has 0 amide bonds. The monoisotopic (exact) mass is 344 g/mol. The van der Waals surface area contributed by atoms with E-state index in [9.17, 15) is 0 Å². The SMILES string of the molecule is CN1CCCC1CNCc1cccc(OCc2ccccc2Cl)c1. The van der Waals surface area contributed by atoms with Crippen LogP contribution in [0.15, 0.2) is 48.5 Å². The van der Waals surface area contributed by atoms with Crippen molar-refractivity contribution in [2.24, 2.45) is 0 Å². The first-order valence-electron chi connectivity index (χ1n) is 8.58. The highest BCUT2D eigenvalue weighted by Crippen LogP contribution is 2.19. The fourth-order valence-electron chi connectivity index (χ4n) is 3.14. The molecule has 3 nitrogen and oxygen atoms in total. The number of likely N-dealkylation sites (tertiary alicyclic amines) is 1. The third-order valence-electron chi connectivity index (χ3n) is 4.63. The van der Waals surface area contributed by atoms with Gasteiger partial charge in [-0.15, -0.1) is 0 Å². The van der Waals surface area contributed by atoms with Crippen molar-refractivity contribution in [1.29, 1.82) is 0 Å². The summed E-state index contributed by atoms with van der Waals surface area (Å²) >= 11 is 6.17. The summed E-state index contributed by atoms with van der Waals surface area (Å²) < 4.78 is 5.89. The van der Waals surface area contributed by atoms with Crippen molar-refractivity contribution in [3.8, 4) is 5.75 Å². The highest BCUT2D eigenvalue weighted by Gasteiger charge is 2.19. The summed E-state index contributed by atoms with van der Waals surface area (Å²) in [4.78, 5) is 2.44. The summed E-state index contributed by atoms with van der Waals surface area (Å²) in [5, 5.41) is 4.31.